The Morgan fingerprint density at radius 2 is 2.29 bits per heavy atom. The molecule has 0 aromatic rings. The van der Waals surface area contributed by atoms with Crippen molar-refractivity contribution < 1.29 is 9.53 Å². The molecule has 1 rings (SSSR count). The van der Waals surface area contributed by atoms with Gasteiger partial charge in [0.15, 0.2) is 0 Å². The molecule has 1 aliphatic heterocycles. The van der Waals surface area contributed by atoms with Crippen molar-refractivity contribution in [2.45, 2.75) is 31.9 Å². The minimum atomic E-state index is 0.0134. The van der Waals surface area contributed by atoms with Crippen LogP contribution in [0, 0.1) is 0 Å². The highest BCUT2D eigenvalue weighted by atomic mass is 16.5. The highest BCUT2D eigenvalue weighted by Gasteiger charge is 2.32. The lowest BCUT2D eigenvalue weighted by molar-refractivity contribution is -0.133. The second-order valence-electron chi connectivity index (χ2n) is 4.70. The van der Waals surface area contributed by atoms with Crippen molar-refractivity contribution in [1.82, 2.24) is 9.80 Å². The number of hydrogen-bond acceptors (Lipinski definition) is 4. The molecule has 1 aliphatic rings. The van der Waals surface area contributed by atoms with E-state index >= 15 is 0 Å². The van der Waals surface area contributed by atoms with Crippen LogP contribution in [0.2, 0.25) is 0 Å². The van der Waals surface area contributed by atoms with E-state index in [0.29, 0.717) is 13.2 Å². The van der Waals surface area contributed by atoms with E-state index < -0.39 is 0 Å². The summed E-state index contributed by atoms with van der Waals surface area (Å²) in [6.45, 7) is 4.87. The summed E-state index contributed by atoms with van der Waals surface area (Å²) in [7, 11) is 3.61. The minimum Gasteiger partial charge on any atom is -0.376 e. The topological polar surface area (TPSA) is 58.8 Å². The number of amides is 1. The Morgan fingerprint density at radius 3 is 2.82 bits per heavy atom. The van der Waals surface area contributed by atoms with Gasteiger partial charge >= 0.3 is 0 Å². The van der Waals surface area contributed by atoms with Crippen molar-refractivity contribution in [3.05, 3.63) is 0 Å². The number of nitrogens with two attached hydrogens (primary N) is 1. The van der Waals surface area contributed by atoms with Crippen molar-refractivity contribution in [2.75, 3.05) is 40.3 Å². The van der Waals surface area contributed by atoms with Gasteiger partial charge in [0.05, 0.1) is 12.1 Å². The second-order valence-corrected chi connectivity index (χ2v) is 4.70. The number of rotatable bonds is 6. The molecule has 0 aliphatic carbocycles. The molecule has 1 heterocycles. The van der Waals surface area contributed by atoms with E-state index in [4.69, 9.17) is 10.5 Å². The quantitative estimate of drug-likeness (QED) is 0.708. The largest absolute Gasteiger partial charge is 0.376 e. The van der Waals surface area contributed by atoms with Crippen molar-refractivity contribution in [3.8, 4) is 0 Å². The van der Waals surface area contributed by atoms with Crippen molar-refractivity contribution in [3.63, 3.8) is 0 Å². The van der Waals surface area contributed by atoms with Gasteiger partial charge in [0, 0.05) is 33.8 Å². The van der Waals surface area contributed by atoms with E-state index in [0.717, 1.165) is 25.9 Å². The molecule has 1 fully saturated rings. The maximum Gasteiger partial charge on any atom is 0.239 e. The Balaban J connectivity index is 2.53. The minimum absolute atomic E-state index is 0.0134. The molecule has 100 valence electrons. The van der Waals surface area contributed by atoms with Crippen LogP contribution in [0.25, 0.3) is 0 Å². The monoisotopic (exact) mass is 243 g/mol. The van der Waals surface area contributed by atoms with E-state index in [-0.39, 0.29) is 18.1 Å². The smallest absolute Gasteiger partial charge is 0.239 e. The van der Waals surface area contributed by atoms with Crippen LogP contribution in [0.3, 0.4) is 0 Å². The van der Waals surface area contributed by atoms with E-state index in [1.807, 2.05) is 21.0 Å². The standard InChI is InChI=1S/C12H25N3O2/c1-4-17-10(8-13)9-15-7-5-6-11(15)12(16)14(2)3/h10-11H,4-9,13H2,1-3H3. The van der Waals surface area contributed by atoms with Gasteiger partial charge in [0.25, 0.3) is 0 Å². The van der Waals surface area contributed by atoms with Gasteiger partial charge in [-0.05, 0) is 26.3 Å². The van der Waals surface area contributed by atoms with Gasteiger partial charge in [-0.2, -0.15) is 0 Å². The Morgan fingerprint density at radius 1 is 1.59 bits per heavy atom. The first kappa shape index (κ1) is 14.4. The van der Waals surface area contributed by atoms with Crippen LogP contribution < -0.4 is 5.73 Å². The third kappa shape index (κ3) is 3.94. The summed E-state index contributed by atoms with van der Waals surface area (Å²) < 4.78 is 5.55. The number of nitrogens with zero attached hydrogens (tertiary/aromatic N) is 2. The number of carbonyl (C=O) groups excluding carboxylic acids is 1. The first-order valence-electron chi connectivity index (χ1n) is 6.37. The lowest BCUT2D eigenvalue weighted by atomic mass is 10.2. The SMILES string of the molecule is CCOC(CN)CN1CCCC1C(=O)N(C)C. The van der Waals surface area contributed by atoms with Crippen molar-refractivity contribution >= 4 is 5.91 Å². The van der Waals surface area contributed by atoms with E-state index in [2.05, 4.69) is 4.90 Å². The van der Waals surface area contributed by atoms with Gasteiger partial charge < -0.3 is 15.4 Å². The predicted molar refractivity (Wildman–Crippen MR) is 67.8 cm³/mol. The highest BCUT2D eigenvalue weighted by Crippen LogP contribution is 2.19. The normalized spacial score (nSPS) is 22.7. The molecule has 17 heavy (non-hydrogen) atoms. The van der Waals surface area contributed by atoms with Gasteiger partial charge in [-0.25, -0.2) is 0 Å². The average molecular weight is 243 g/mol. The third-order valence-corrected chi connectivity index (χ3v) is 3.19. The van der Waals surface area contributed by atoms with Crippen LogP contribution in [0.5, 0.6) is 0 Å². The third-order valence-electron chi connectivity index (χ3n) is 3.19. The molecule has 2 unspecified atom stereocenters. The van der Waals surface area contributed by atoms with Gasteiger partial charge in [-0.1, -0.05) is 0 Å². The predicted octanol–water partition coefficient (Wildman–Crippen LogP) is -0.0972. The highest BCUT2D eigenvalue weighted by molar-refractivity contribution is 5.81. The molecule has 2 atom stereocenters. The molecule has 5 heteroatoms. The lowest BCUT2D eigenvalue weighted by Crippen LogP contribution is -2.47. The van der Waals surface area contributed by atoms with Gasteiger partial charge in [0.2, 0.25) is 5.91 Å². The van der Waals surface area contributed by atoms with Crippen LogP contribution in [0.1, 0.15) is 19.8 Å². The van der Waals surface area contributed by atoms with Crippen molar-refractivity contribution in [1.29, 1.82) is 0 Å². The molecular formula is C12H25N3O2. The summed E-state index contributed by atoms with van der Waals surface area (Å²) in [6, 6.07) is 0.0134. The zero-order valence-corrected chi connectivity index (χ0v) is 11.2. The Bertz CT molecular complexity index is 246. The molecule has 1 amide bonds. The summed E-state index contributed by atoms with van der Waals surface area (Å²) in [5.41, 5.74) is 5.67. The molecule has 0 spiro atoms. The zero-order chi connectivity index (χ0) is 12.8. The van der Waals surface area contributed by atoms with Gasteiger partial charge in [-0.3, -0.25) is 9.69 Å². The van der Waals surface area contributed by atoms with Crippen LogP contribution in [-0.2, 0) is 9.53 Å². The summed E-state index contributed by atoms with van der Waals surface area (Å²) >= 11 is 0. The summed E-state index contributed by atoms with van der Waals surface area (Å²) in [4.78, 5) is 15.9. The van der Waals surface area contributed by atoms with E-state index in [1.54, 1.807) is 4.90 Å². The number of likely N-dealkylation sites (N-methyl/N-ethyl adjacent to an activating group) is 1. The molecule has 0 saturated carbocycles. The second kappa shape index (κ2) is 6.93. The molecular weight excluding hydrogens is 218 g/mol. The first-order valence-corrected chi connectivity index (χ1v) is 6.37. The summed E-state index contributed by atoms with van der Waals surface area (Å²) in [5.74, 6) is 0.190. The molecule has 2 N–H and O–H groups in total. The molecule has 0 aromatic heterocycles. The first-order chi connectivity index (χ1) is 8.10. The van der Waals surface area contributed by atoms with Crippen LogP contribution in [-0.4, -0.2) is 68.2 Å². The molecule has 1 saturated heterocycles. The number of carbonyl (C=O) groups is 1. The Hall–Kier alpha value is -0.650. The molecule has 0 radical (unpaired) electrons. The van der Waals surface area contributed by atoms with E-state index in [9.17, 15) is 4.79 Å². The van der Waals surface area contributed by atoms with Crippen LogP contribution in [0.15, 0.2) is 0 Å². The number of hydrogen-bond donors (Lipinski definition) is 1. The maximum atomic E-state index is 12.0. The van der Waals surface area contributed by atoms with Crippen molar-refractivity contribution in [2.24, 2.45) is 5.73 Å². The Kier molecular flexibility index (Phi) is 5.88. The molecule has 0 aromatic carbocycles. The maximum absolute atomic E-state index is 12.0. The average Bonchev–Trinajstić information content (AvgIpc) is 2.75. The Labute approximate surface area is 104 Å². The number of likely N-dealkylation sites (tertiary alicyclic amines) is 1. The fourth-order valence-electron chi connectivity index (χ4n) is 2.31. The van der Waals surface area contributed by atoms with Crippen LogP contribution in [0.4, 0.5) is 0 Å². The van der Waals surface area contributed by atoms with Gasteiger partial charge in [0.1, 0.15) is 0 Å². The molecule has 0 bridgehead atoms. The summed E-state index contributed by atoms with van der Waals surface area (Å²) in [6.07, 6.45) is 2.06. The fraction of sp³-hybridized carbons (Fsp3) is 0.917. The fourth-order valence-corrected chi connectivity index (χ4v) is 2.31. The summed E-state index contributed by atoms with van der Waals surface area (Å²) in [5, 5.41) is 0. The van der Waals surface area contributed by atoms with E-state index in [1.165, 1.54) is 0 Å². The van der Waals surface area contributed by atoms with Crippen LogP contribution >= 0.6 is 0 Å². The lowest BCUT2D eigenvalue weighted by Gasteiger charge is -2.29. The molecule has 5 nitrogen and oxygen atoms in total. The van der Waals surface area contributed by atoms with Gasteiger partial charge in [-0.15, -0.1) is 0 Å². The number of ether oxygens (including phenoxy) is 1. The zero-order valence-electron chi connectivity index (χ0n) is 11.2.